The molecular weight excluding hydrogens is 716 g/mol. The summed E-state index contributed by atoms with van der Waals surface area (Å²) in [6, 6.07) is -0.975. The molecule has 3 aliphatic rings. The summed E-state index contributed by atoms with van der Waals surface area (Å²) in [5, 5.41) is 11.0. The molecule has 0 spiro atoms. The number of hydrogen-bond acceptors (Lipinski definition) is 7. The minimum Gasteiger partial charge on any atom is -0.346 e. The zero-order valence-electron chi connectivity index (χ0n) is 33.3. The fourth-order valence-electron chi connectivity index (χ4n) is 7.46. The predicted octanol–water partition coefficient (Wildman–Crippen LogP) is 3.52. The predicted molar refractivity (Wildman–Crippen MR) is 203 cm³/mol. The number of urea groups is 1. The van der Waals surface area contributed by atoms with Gasteiger partial charge in [0.05, 0.1) is 10.9 Å². The molecule has 1 heterocycles. The number of Topliss-reactive ketones (excluding diaryl/α,β-unsaturated/α-hetero) is 1. The van der Waals surface area contributed by atoms with Crippen LogP contribution in [0.5, 0.6) is 0 Å². The number of halogens is 1. The minimum atomic E-state index is -4.13. The van der Waals surface area contributed by atoms with E-state index in [4.69, 9.17) is 0 Å². The number of piperidine rings is 1. The number of nitrogens with one attached hydrogen (secondary N) is 4. The van der Waals surface area contributed by atoms with Crippen LogP contribution in [0.3, 0.4) is 0 Å². The summed E-state index contributed by atoms with van der Waals surface area (Å²) in [6.07, 6.45) is 3.58. The van der Waals surface area contributed by atoms with Gasteiger partial charge in [-0.3, -0.25) is 19.2 Å². The highest BCUT2D eigenvalue weighted by atomic mass is 32.2. The first-order valence-corrected chi connectivity index (χ1v) is 20.1. The molecule has 3 fully saturated rings. The van der Waals surface area contributed by atoms with Crippen molar-refractivity contribution in [3.8, 4) is 0 Å². The van der Waals surface area contributed by atoms with Crippen LogP contribution in [0.15, 0.2) is 35.7 Å². The van der Waals surface area contributed by atoms with E-state index in [1.165, 1.54) is 30.2 Å². The van der Waals surface area contributed by atoms with Gasteiger partial charge >= 0.3 is 6.03 Å². The van der Waals surface area contributed by atoms with E-state index < -0.39 is 80.4 Å². The van der Waals surface area contributed by atoms with Gasteiger partial charge in [-0.05, 0) is 65.0 Å². The topological polar surface area (TPSA) is 174 Å². The van der Waals surface area contributed by atoms with Gasteiger partial charge in [-0.1, -0.05) is 80.4 Å². The van der Waals surface area contributed by atoms with Crippen LogP contribution in [0.4, 0.5) is 9.18 Å². The zero-order valence-corrected chi connectivity index (χ0v) is 34.2. The number of hydrogen-bond donors (Lipinski definition) is 4. The number of fused-ring (bicyclic) bond motifs is 1. The van der Waals surface area contributed by atoms with E-state index in [9.17, 15) is 36.8 Å². The van der Waals surface area contributed by atoms with Crippen molar-refractivity contribution in [1.82, 2.24) is 30.5 Å². The average Bonchev–Trinajstić information content (AvgIpc) is 3.92. The molecule has 1 aromatic carbocycles. The Morgan fingerprint density at radius 2 is 1.67 bits per heavy atom. The molecule has 6 atom stereocenters. The maximum atomic E-state index is 14.5. The van der Waals surface area contributed by atoms with Gasteiger partial charge in [0.25, 0.3) is 5.91 Å². The van der Waals surface area contributed by atoms with Crippen molar-refractivity contribution < 1.29 is 36.8 Å². The van der Waals surface area contributed by atoms with Crippen LogP contribution in [0.25, 0.3) is 0 Å². The summed E-state index contributed by atoms with van der Waals surface area (Å²) in [4.78, 5) is 69.5. The number of likely N-dealkylation sites (tertiary alicyclic amines) is 1. The summed E-state index contributed by atoms with van der Waals surface area (Å²) in [5.74, 6) is -3.18. The number of ketones is 1. The number of benzene rings is 1. The van der Waals surface area contributed by atoms with E-state index in [-0.39, 0.29) is 47.7 Å². The van der Waals surface area contributed by atoms with Gasteiger partial charge in [0.1, 0.15) is 17.9 Å². The van der Waals surface area contributed by atoms with E-state index in [0.717, 1.165) is 23.2 Å². The largest absolute Gasteiger partial charge is 0.346 e. The maximum absolute atomic E-state index is 14.5. The number of carbonyl (C=O) groups is 5. The fourth-order valence-corrected chi connectivity index (χ4v) is 8.87. The Labute approximate surface area is 319 Å². The lowest BCUT2D eigenvalue weighted by Crippen LogP contribution is -2.62. The van der Waals surface area contributed by atoms with E-state index in [1.54, 1.807) is 27.7 Å². The number of aryl methyl sites for hydroxylation is 1. The molecule has 5 amide bonds. The second-order valence-electron chi connectivity index (χ2n) is 18.0. The summed E-state index contributed by atoms with van der Waals surface area (Å²) in [6.45, 7) is 20.3. The molecule has 0 aromatic heterocycles. The lowest BCUT2D eigenvalue weighted by molar-refractivity contribution is -0.145. The van der Waals surface area contributed by atoms with Crippen molar-refractivity contribution in [2.75, 3.05) is 26.7 Å². The van der Waals surface area contributed by atoms with E-state index >= 15 is 0 Å². The molecule has 54 heavy (non-hydrogen) atoms. The Kier molecular flexibility index (Phi) is 12.5. The van der Waals surface area contributed by atoms with Crippen molar-refractivity contribution in [3.05, 3.63) is 42.2 Å². The quantitative estimate of drug-likeness (QED) is 0.156. The van der Waals surface area contributed by atoms with E-state index in [1.807, 2.05) is 34.6 Å². The molecule has 15 heteroatoms. The lowest BCUT2D eigenvalue weighted by atomic mass is 9.85. The molecule has 13 nitrogen and oxygen atoms in total. The van der Waals surface area contributed by atoms with Gasteiger partial charge < -0.3 is 26.2 Å². The summed E-state index contributed by atoms with van der Waals surface area (Å²) < 4.78 is 42.1. The van der Waals surface area contributed by atoms with Crippen LogP contribution < -0.4 is 21.3 Å². The molecule has 2 saturated carbocycles. The third-order valence-corrected chi connectivity index (χ3v) is 13.3. The van der Waals surface area contributed by atoms with Crippen molar-refractivity contribution in [3.63, 3.8) is 0 Å². The number of carbonyl (C=O) groups excluding carboxylic acids is 5. The maximum Gasteiger partial charge on any atom is 0.315 e. The third-order valence-electron chi connectivity index (χ3n) is 11.3. The molecule has 0 bridgehead atoms. The number of amides is 5. The van der Waals surface area contributed by atoms with Gasteiger partial charge in [0.2, 0.25) is 27.6 Å². The molecule has 1 unspecified atom stereocenters. The Balaban J connectivity index is 1.53. The Morgan fingerprint density at radius 3 is 2.22 bits per heavy atom. The first-order valence-electron chi connectivity index (χ1n) is 18.7. The smallest absolute Gasteiger partial charge is 0.315 e. The highest BCUT2D eigenvalue weighted by molar-refractivity contribution is 7.89. The highest BCUT2D eigenvalue weighted by Gasteiger charge is 2.70. The molecule has 1 saturated heterocycles. The number of nitrogens with zero attached hydrogens (tertiary/aromatic N) is 2. The van der Waals surface area contributed by atoms with Crippen molar-refractivity contribution in [1.29, 1.82) is 0 Å². The monoisotopic (exact) mass is 774 g/mol. The molecule has 2 aliphatic carbocycles. The van der Waals surface area contributed by atoms with Crippen LogP contribution in [0.2, 0.25) is 0 Å². The van der Waals surface area contributed by atoms with Gasteiger partial charge in [-0.15, -0.1) is 6.58 Å². The Bertz CT molecular complexity index is 1760. The number of likely N-dealkylation sites (N-methyl/N-ethyl adjacent to an activating group) is 1. The third kappa shape index (κ3) is 9.50. The minimum absolute atomic E-state index is 0.0181. The van der Waals surface area contributed by atoms with E-state index in [2.05, 4.69) is 27.8 Å². The first kappa shape index (κ1) is 42.9. The zero-order chi connectivity index (χ0) is 40.7. The second kappa shape index (κ2) is 15.7. The molecule has 0 radical (unpaired) electrons. The molecule has 1 aromatic rings. The van der Waals surface area contributed by atoms with Crippen LogP contribution in [-0.2, 0) is 29.2 Å². The number of sulfonamides is 1. The van der Waals surface area contributed by atoms with E-state index in [0.29, 0.717) is 12.0 Å². The molecule has 4 N–H and O–H groups in total. The highest BCUT2D eigenvalue weighted by Crippen LogP contribution is 2.65. The lowest BCUT2D eigenvalue weighted by Gasteiger charge is -2.39. The molecule has 300 valence electrons. The Hall–Kier alpha value is -3.85. The van der Waals surface area contributed by atoms with Gasteiger partial charge in [-0.2, -0.15) is 4.31 Å². The Morgan fingerprint density at radius 1 is 1.04 bits per heavy atom. The second-order valence-corrected chi connectivity index (χ2v) is 20.0. The number of rotatable bonds is 15. The average molecular weight is 775 g/mol. The van der Waals surface area contributed by atoms with Gasteiger partial charge in [0, 0.05) is 32.7 Å². The van der Waals surface area contributed by atoms with Crippen LogP contribution in [-0.4, -0.2) is 98.0 Å². The molecule has 4 rings (SSSR count). The summed E-state index contributed by atoms with van der Waals surface area (Å²) >= 11 is 0. The van der Waals surface area contributed by atoms with Gasteiger partial charge in [-0.25, -0.2) is 17.6 Å². The summed E-state index contributed by atoms with van der Waals surface area (Å²) in [7, 11) is -2.77. The van der Waals surface area contributed by atoms with Crippen LogP contribution in [0.1, 0.15) is 80.2 Å². The first-order chi connectivity index (χ1) is 24.8. The normalized spacial score (nSPS) is 22.4. The molecule has 1 aliphatic heterocycles. The van der Waals surface area contributed by atoms with Crippen LogP contribution >= 0.6 is 0 Å². The van der Waals surface area contributed by atoms with Gasteiger partial charge in [0.15, 0.2) is 0 Å². The standard InChI is InChI=1S/C39H59FN6O7S/c1-12-17-41-34(49)31(47)26(18-23-14-15-23)42-33(48)30-29-25(39(29,9)10)20-46(30)35(50)32(38(6,7)8)44-36(51)43-28(37(3,4)5)21-45(11)54(52,53)27-19-24(40)16-13-22(27)2/h12-13,16,19,23,25-26,28-30,32H,1,14-15,17-18,20-21H2,2-11H3,(H,41,49)(H,42,48)(H2,43,44,51)/t25-,26?,28+,29-,30-,32+/m0/s1. The van der Waals surface area contributed by atoms with Crippen molar-refractivity contribution in [2.45, 2.75) is 111 Å². The summed E-state index contributed by atoms with van der Waals surface area (Å²) in [5.41, 5.74) is -1.34. The fraction of sp³-hybridized carbons (Fsp3) is 0.667. The SMILES string of the molecule is C=CCNC(=O)C(=O)C(CC1CC1)NC(=O)[C@@H]1[C@@H]2[C@H](CN1C(=O)[C@@H](NC(=O)N[C@H](CN(C)S(=O)(=O)c1cc(F)ccc1C)C(C)(C)C)C(C)(C)C)C2(C)C. The van der Waals surface area contributed by atoms with Crippen molar-refractivity contribution in [2.24, 2.45) is 34.0 Å². The molecular formula is C39H59FN6O7S. The van der Waals surface area contributed by atoms with Crippen molar-refractivity contribution >= 4 is 39.6 Å². The van der Waals surface area contributed by atoms with Crippen LogP contribution in [0, 0.1) is 46.7 Å².